The first-order valence-electron chi connectivity index (χ1n) is 7.60. The molecule has 0 radical (unpaired) electrons. The van der Waals surface area contributed by atoms with Crippen molar-refractivity contribution in [3.63, 3.8) is 0 Å². The summed E-state index contributed by atoms with van der Waals surface area (Å²) in [5.74, 6) is 0.151. The van der Waals surface area contributed by atoms with E-state index >= 15 is 0 Å². The lowest BCUT2D eigenvalue weighted by atomic mass is 10.2. The van der Waals surface area contributed by atoms with E-state index in [0.29, 0.717) is 34.1 Å². The van der Waals surface area contributed by atoms with Crippen molar-refractivity contribution in [3.8, 4) is 5.75 Å². The van der Waals surface area contributed by atoms with Crippen molar-refractivity contribution >= 4 is 38.9 Å². The monoisotopic (exact) mass is 382 g/mol. The van der Waals surface area contributed by atoms with E-state index < -0.39 is 10.0 Å². The van der Waals surface area contributed by atoms with Gasteiger partial charge in [0.2, 0.25) is 10.0 Å². The molecular weight excluding hydrogens is 364 g/mol. The molecule has 0 unspecified atom stereocenters. The Morgan fingerprint density at radius 3 is 2.56 bits per heavy atom. The number of hydrogen-bond acceptors (Lipinski definition) is 4. The molecule has 8 heteroatoms. The quantitative estimate of drug-likeness (QED) is 0.763. The normalized spacial score (nSPS) is 11.0. The zero-order chi connectivity index (χ0) is 18.4. The standard InChI is InChI=1S/C17H19ClN2O4S/c1-3-9-25(22,23)20-14-6-4-5-12(10-14)17(21)19-13-7-8-16(24-2)15(18)11-13/h4-8,10-11,20H,3,9H2,1-2H3,(H,19,21). The number of halogens is 1. The number of hydrogen-bond donors (Lipinski definition) is 2. The summed E-state index contributed by atoms with van der Waals surface area (Å²) in [6.07, 6.45) is 0.508. The molecule has 134 valence electrons. The average molecular weight is 383 g/mol. The number of carbonyl (C=O) groups is 1. The van der Waals surface area contributed by atoms with E-state index in [1.807, 2.05) is 0 Å². The van der Waals surface area contributed by atoms with Gasteiger partial charge in [-0.25, -0.2) is 8.42 Å². The van der Waals surface area contributed by atoms with Crippen molar-refractivity contribution in [2.75, 3.05) is 22.9 Å². The van der Waals surface area contributed by atoms with Gasteiger partial charge in [-0.15, -0.1) is 0 Å². The Kier molecular flexibility index (Phi) is 6.27. The van der Waals surface area contributed by atoms with Gasteiger partial charge in [-0.1, -0.05) is 24.6 Å². The molecule has 1 amide bonds. The summed E-state index contributed by atoms with van der Waals surface area (Å²) in [5.41, 5.74) is 1.17. The van der Waals surface area contributed by atoms with Crippen molar-refractivity contribution < 1.29 is 17.9 Å². The van der Waals surface area contributed by atoms with Crippen LogP contribution in [0.1, 0.15) is 23.7 Å². The second-order valence-electron chi connectivity index (χ2n) is 5.31. The molecule has 0 aromatic heterocycles. The van der Waals surface area contributed by atoms with Gasteiger partial charge in [-0.2, -0.15) is 0 Å². The number of benzene rings is 2. The maximum Gasteiger partial charge on any atom is 0.255 e. The van der Waals surface area contributed by atoms with Crippen LogP contribution >= 0.6 is 11.6 Å². The van der Waals surface area contributed by atoms with E-state index in [9.17, 15) is 13.2 Å². The first kappa shape index (κ1) is 19.1. The lowest BCUT2D eigenvalue weighted by molar-refractivity contribution is 0.102. The van der Waals surface area contributed by atoms with Crippen LogP contribution in [0.2, 0.25) is 5.02 Å². The predicted molar refractivity (Wildman–Crippen MR) is 100 cm³/mol. The van der Waals surface area contributed by atoms with Gasteiger partial charge in [0.15, 0.2) is 0 Å². The van der Waals surface area contributed by atoms with Crippen molar-refractivity contribution in [3.05, 3.63) is 53.1 Å². The van der Waals surface area contributed by atoms with Gasteiger partial charge in [-0.05, 0) is 42.8 Å². The minimum atomic E-state index is -3.41. The molecule has 2 rings (SSSR count). The fourth-order valence-electron chi connectivity index (χ4n) is 2.17. The highest BCUT2D eigenvalue weighted by molar-refractivity contribution is 7.92. The number of rotatable bonds is 7. The highest BCUT2D eigenvalue weighted by Crippen LogP contribution is 2.27. The molecule has 0 aliphatic rings. The molecule has 0 aliphatic heterocycles. The Balaban J connectivity index is 2.14. The summed E-state index contributed by atoms with van der Waals surface area (Å²) in [6, 6.07) is 11.2. The van der Waals surface area contributed by atoms with Crippen molar-refractivity contribution in [1.29, 1.82) is 0 Å². The fourth-order valence-corrected chi connectivity index (χ4v) is 3.55. The molecule has 25 heavy (non-hydrogen) atoms. The number of amides is 1. The summed E-state index contributed by atoms with van der Waals surface area (Å²) >= 11 is 6.03. The second kappa shape index (κ2) is 8.22. The Morgan fingerprint density at radius 1 is 1.16 bits per heavy atom. The predicted octanol–water partition coefficient (Wildman–Crippen LogP) is 3.75. The van der Waals surface area contributed by atoms with Crippen LogP contribution in [0.25, 0.3) is 0 Å². The molecular formula is C17H19ClN2O4S. The average Bonchev–Trinajstić information content (AvgIpc) is 2.54. The SMILES string of the molecule is CCCS(=O)(=O)Nc1cccc(C(=O)Nc2ccc(OC)c(Cl)c2)c1. The number of carbonyl (C=O) groups excluding carboxylic acids is 1. The first-order chi connectivity index (χ1) is 11.8. The van der Waals surface area contributed by atoms with Gasteiger partial charge in [0.05, 0.1) is 17.9 Å². The van der Waals surface area contributed by atoms with Gasteiger partial charge in [0.25, 0.3) is 5.91 Å². The molecule has 0 bridgehead atoms. The zero-order valence-electron chi connectivity index (χ0n) is 13.9. The fraction of sp³-hybridized carbons (Fsp3) is 0.235. The van der Waals surface area contributed by atoms with Crippen LogP contribution in [0.15, 0.2) is 42.5 Å². The molecule has 2 N–H and O–H groups in total. The molecule has 0 saturated heterocycles. The Bertz CT molecular complexity index is 869. The summed E-state index contributed by atoms with van der Waals surface area (Å²) in [4.78, 5) is 12.4. The van der Waals surface area contributed by atoms with Crippen LogP contribution in [-0.4, -0.2) is 27.2 Å². The van der Waals surface area contributed by atoms with E-state index in [0.717, 1.165) is 0 Å². The van der Waals surface area contributed by atoms with Crippen LogP contribution in [0.3, 0.4) is 0 Å². The Labute approximate surface area is 152 Å². The van der Waals surface area contributed by atoms with Crippen LogP contribution in [-0.2, 0) is 10.0 Å². The number of ether oxygens (including phenoxy) is 1. The third-order valence-electron chi connectivity index (χ3n) is 3.28. The van der Waals surface area contributed by atoms with Crippen LogP contribution in [0.4, 0.5) is 11.4 Å². The summed E-state index contributed by atoms with van der Waals surface area (Å²) < 4.78 is 31.2. The number of sulfonamides is 1. The highest BCUT2D eigenvalue weighted by atomic mass is 35.5. The van der Waals surface area contributed by atoms with Gasteiger partial charge in [-0.3, -0.25) is 9.52 Å². The lowest BCUT2D eigenvalue weighted by Crippen LogP contribution is -2.17. The van der Waals surface area contributed by atoms with Crippen LogP contribution < -0.4 is 14.8 Å². The van der Waals surface area contributed by atoms with Gasteiger partial charge >= 0.3 is 0 Å². The molecule has 0 aliphatic carbocycles. The Morgan fingerprint density at radius 2 is 1.92 bits per heavy atom. The van der Waals surface area contributed by atoms with Gasteiger partial charge in [0.1, 0.15) is 5.75 Å². The first-order valence-corrected chi connectivity index (χ1v) is 9.63. The van der Waals surface area contributed by atoms with Gasteiger partial charge in [0, 0.05) is 16.9 Å². The minimum Gasteiger partial charge on any atom is -0.495 e. The van der Waals surface area contributed by atoms with E-state index in [1.54, 1.807) is 43.3 Å². The molecule has 0 saturated carbocycles. The number of nitrogens with one attached hydrogen (secondary N) is 2. The van der Waals surface area contributed by atoms with Crippen LogP contribution in [0, 0.1) is 0 Å². The molecule has 6 nitrogen and oxygen atoms in total. The maximum absolute atomic E-state index is 12.4. The topological polar surface area (TPSA) is 84.5 Å². The third kappa shape index (κ3) is 5.37. The zero-order valence-corrected chi connectivity index (χ0v) is 15.4. The molecule has 0 spiro atoms. The molecule has 0 heterocycles. The summed E-state index contributed by atoms with van der Waals surface area (Å²) in [5, 5.41) is 3.09. The number of methoxy groups -OCH3 is 1. The van der Waals surface area contributed by atoms with Crippen LogP contribution in [0.5, 0.6) is 5.75 Å². The Hall–Kier alpha value is -2.25. The summed E-state index contributed by atoms with van der Waals surface area (Å²) in [7, 11) is -1.91. The van der Waals surface area contributed by atoms with Gasteiger partial charge < -0.3 is 10.1 Å². The van der Waals surface area contributed by atoms with Crippen molar-refractivity contribution in [2.24, 2.45) is 0 Å². The summed E-state index contributed by atoms with van der Waals surface area (Å²) in [6.45, 7) is 1.78. The lowest BCUT2D eigenvalue weighted by Gasteiger charge is -2.10. The minimum absolute atomic E-state index is 0.0216. The van der Waals surface area contributed by atoms with E-state index in [1.165, 1.54) is 13.2 Å². The maximum atomic E-state index is 12.4. The molecule has 0 fully saturated rings. The van der Waals surface area contributed by atoms with Crippen molar-refractivity contribution in [1.82, 2.24) is 0 Å². The van der Waals surface area contributed by atoms with E-state index in [-0.39, 0.29) is 11.7 Å². The molecule has 0 atom stereocenters. The van der Waals surface area contributed by atoms with E-state index in [2.05, 4.69) is 10.0 Å². The second-order valence-corrected chi connectivity index (χ2v) is 7.55. The highest BCUT2D eigenvalue weighted by Gasteiger charge is 2.12. The largest absolute Gasteiger partial charge is 0.495 e. The smallest absolute Gasteiger partial charge is 0.255 e. The third-order valence-corrected chi connectivity index (χ3v) is 5.07. The number of anilines is 2. The van der Waals surface area contributed by atoms with Crippen molar-refractivity contribution in [2.45, 2.75) is 13.3 Å². The molecule has 2 aromatic rings. The molecule has 2 aromatic carbocycles. The van der Waals surface area contributed by atoms with E-state index in [4.69, 9.17) is 16.3 Å².